The Morgan fingerprint density at radius 3 is 2.88 bits per heavy atom. The minimum atomic E-state index is 0.286. The summed E-state index contributed by atoms with van der Waals surface area (Å²) in [5.41, 5.74) is 6.86. The molecule has 0 radical (unpaired) electrons. The molecule has 2 rings (SSSR count). The van der Waals surface area contributed by atoms with Crippen molar-refractivity contribution < 1.29 is 0 Å². The zero-order valence-electron chi connectivity index (χ0n) is 10.5. The van der Waals surface area contributed by atoms with Crippen LogP contribution in [0.3, 0.4) is 0 Å². The van der Waals surface area contributed by atoms with Gasteiger partial charge in [-0.1, -0.05) is 38.3 Å². The van der Waals surface area contributed by atoms with E-state index in [1.165, 1.54) is 25.7 Å². The number of nitrogen functional groups attached to an aromatic ring is 1. The van der Waals surface area contributed by atoms with Gasteiger partial charge in [0, 0.05) is 6.04 Å². The summed E-state index contributed by atoms with van der Waals surface area (Å²) in [7, 11) is 0. The number of hydrogen-bond acceptors (Lipinski definition) is 3. The standard InChI is InChI=1S/C13H20ClN3/c1-13(2)8-4-3-5-10(13)16-12-9(15)6-7-11(14)17-12/h6-7,10H,3-5,8,15H2,1-2H3,(H,16,17). The van der Waals surface area contributed by atoms with Gasteiger partial charge < -0.3 is 11.1 Å². The molecule has 0 bridgehead atoms. The summed E-state index contributed by atoms with van der Waals surface area (Å²) in [4.78, 5) is 4.26. The number of hydrogen-bond donors (Lipinski definition) is 2. The van der Waals surface area contributed by atoms with Crippen molar-refractivity contribution in [2.45, 2.75) is 45.6 Å². The van der Waals surface area contributed by atoms with Gasteiger partial charge in [-0.05, 0) is 30.4 Å². The molecule has 94 valence electrons. The molecule has 1 saturated carbocycles. The van der Waals surface area contributed by atoms with E-state index >= 15 is 0 Å². The second-order valence-electron chi connectivity index (χ2n) is 5.50. The van der Waals surface area contributed by atoms with E-state index in [2.05, 4.69) is 24.1 Å². The van der Waals surface area contributed by atoms with Crippen molar-refractivity contribution in [3.05, 3.63) is 17.3 Å². The highest BCUT2D eigenvalue weighted by Crippen LogP contribution is 2.37. The fraction of sp³-hybridized carbons (Fsp3) is 0.615. The van der Waals surface area contributed by atoms with Crippen molar-refractivity contribution in [3.8, 4) is 0 Å². The first-order valence-electron chi connectivity index (χ1n) is 6.17. The summed E-state index contributed by atoms with van der Waals surface area (Å²) in [5.74, 6) is 0.720. The van der Waals surface area contributed by atoms with Crippen LogP contribution in [0.2, 0.25) is 5.15 Å². The first kappa shape index (κ1) is 12.5. The van der Waals surface area contributed by atoms with Crippen LogP contribution < -0.4 is 11.1 Å². The molecule has 1 fully saturated rings. The molecule has 0 aliphatic heterocycles. The van der Waals surface area contributed by atoms with Crippen LogP contribution >= 0.6 is 11.6 Å². The minimum Gasteiger partial charge on any atom is -0.396 e. The highest BCUT2D eigenvalue weighted by atomic mass is 35.5. The molecule has 0 spiro atoms. The molecule has 1 aliphatic carbocycles. The lowest BCUT2D eigenvalue weighted by Gasteiger charge is -2.39. The van der Waals surface area contributed by atoms with Crippen LogP contribution in [0, 0.1) is 5.41 Å². The average molecular weight is 254 g/mol. The number of nitrogens with two attached hydrogens (primary N) is 1. The van der Waals surface area contributed by atoms with Gasteiger partial charge >= 0.3 is 0 Å². The smallest absolute Gasteiger partial charge is 0.151 e. The number of aromatic nitrogens is 1. The second kappa shape index (κ2) is 4.73. The number of pyridine rings is 1. The molecule has 3 nitrogen and oxygen atoms in total. The van der Waals surface area contributed by atoms with E-state index in [0.717, 1.165) is 5.82 Å². The number of nitrogens with zero attached hydrogens (tertiary/aromatic N) is 1. The van der Waals surface area contributed by atoms with Crippen molar-refractivity contribution in [2.24, 2.45) is 5.41 Å². The average Bonchev–Trinajstić information content (AvgIpc) is 2.26. The second-order valence-corrected chi connectivity index (χ2v) is 5.89. The lowest BCUT2D eigenvalue weighted by molar-refractivity contribution is 0.217. The van der Waals surface area contributed by atoms with Gasteiger partial charge in [0.15, 0.2) is 5.82 Å². The Balaban J connectivity index is 2.16. The third kappa shape index (κ3) is 2.83. The van der Waals surface area contributed by atoms with Gasteiger partial charge in [-0.3, -0.25) is 0 Å². The molecule has 1 atom stereocenters. The highest BCUT2D eigenvalue weighted by molar-refractivity contribution is 6.29. The van der Waals surface area contributed by atoms with Gasteiger partial charge in [0.05, 0.1) is 5.69 Å². The number of rotatable bonds is 2. The Hall–Kier alpha value is -0.960. The molecule has 1 aromatic rings. The van der Waals surface area contributed by atoms with Gasteiger partial charge in [0.1, 0.15) is 5.15 Å². The van der Waals surface area contributed by atoms with Gasteiger partial charge in [-0.15, -0.1) is 0 Å². The normalized spacial score (nSPS) is 23.4. The van der Waals surface area contributed by atoms with Crippen molar-refractivity contribution in [2.75, 3.05) is 11.1 Å². The topological polar surface area (TPSA) is 50.9 Å². The van der Waals surface area contributed by atoms with Crippen molar-refractivity contribution in [3.63, 3.8) is 0 Å². The Labute approximate surface area is 108 Å². The lowest BCUT2D eigenvalue weighted by Crippen LogP contribution is -2.39. The summed E-state index contributed by atoms with van der Waals surface area (Å²) < 4.78 is 0. The van der Waals surface area contributed by atoms with Crippen LogP contribution in [-0.2, 0) is 0 Å². The van der Waals surface area contributed by atoms with Crippen LogP contribution in [0.1, 0.15) is 39.5 Å². The molecule has 1 aromatic heterocycles. The van der Waals surface area contributed by atoms with Crippen molar-refractivity contribution in [1.82, 2.24) is 4.98 Å². The lowest BCUT2D eigenvalue weighted by atomic mass is 9.73. The molecule has 1 unspecified atom stereocenters. The maximum Gasteiger partial charge on any atom is 0.151 e. The summed E-state index contributed by atoms with van der Waals surface area (Å²) in [6.45, 7) is 4.59. The number of halogens is 1. The van der Waals surface area contributed by atoms with Gasteiger partial charge in [-0.2, -0.15) is 0 Å². The highest BCUT2D eigenvalue weighted by Gasteiger charge is 2.32. The monoisotopic (exact) mass is 253 g/mol. The Kier molecular flexibility index (Phi) is 3.48. The first-order valence-corrected chi connectivity index (χ1v) is 6.55. The van der Waals surface area contributed by atoms with Gasteiger partial charge in [-0.25, -0.2) is 4.98 Å². The fourth-order valence-electron chi connectivity index (χ4n) is 2.49. The quantitative estimate of drug-likeness (QED) is 0.791. The zero-order chi connectivity index (χ0) is 12.5. The summed E-state index contributed by atoms with van der Waals surface area (Å²) in [6.07, 6.45) is 4.98. The molecule has 0 saturated heterocycles. The van der Waals surface area contributed by atoms with Gasteiger partial charge in [0.2, 0.25) is 0 Å². The predicted molar refractivity (Wildman–Crippen MR) is 73.3 cm³/mol. The largest absolute Gasteiger partial charge is 0.396 e. The van der Waals surface area contributed by atoms with Crippen molar-refractivity contribution in [1.29, 1.82) is 0 Å². The summed E-state index contributed by atoms with van der Waals surface area (Å²) in [6, 6.07) is 3.94. The van der Waals surface area contributed by atoms with E-state index in [4.69, 9.17) is 17.3 Å². The summed E-state index contributed by atoms with van der Waals surface area (Å²) in [5, 5.41) is 3.94. The fourth-order valence-corrected chi connectivity index (χ4v) is 2.64. The molecule has 3 N–H and O–H groups in total. The minimum absolute atomic E-state index is 0.286. The number of anilines is 2. The maximum absolute atomic E-state index is 5.91. The molecule has 1 heterocycles. The summed E-state index contributed by atoms with van der Waals surface area (Å²) >= 11 is 5.90. The maximum atomic E-state index is 5.91. The Bertz CT molecular complexity index is 404. The van der Waals surface area contributed by atoms with E-state index in [9.17, 15) is 0 Å². The van der Waals surface area contributed by atoms with Crippen LogP contribution in [0.15, 0.2) is 12.1 Å². The van der Waals surface area contributed by atoms with E-state index < -0.39 is 0 Å². The van der Waals surface area contributed by atoms with E-state index in [1.54, 1.807) is 12.1 Å². The van der Waals surface area contributed by atoms with Crippen molar-refractivity contribution >= 4 is 23.1 Å². The Morgan fingerprint density at radius 2 is 2.18 bits per heavy atom. The van der Waals surface area contributed by atoms with E-state index in [-0.39, 0.29) is 5.41 Å². The predicted octanol–water partition coefficient (Wildman–Crippen LogP) is 3.70. The molecular formula is C13H20ClN3. The third-order valence-electron chi connectivity index (χ3n) is 3.71. The molecule has 0 amide bonds. The SMILES string of the molecule is CC1(C)CCCCC1Nc1nc(Cl)ccc1N. The molecule has 17 heavy (non-hydrogen) atoms. The molecule has 0 aromatic carbocycles. The van der Waals surface area contributed by atoms with Crippen LogP contribution in [-0.4, -0.2) is 11.0 Å². The van der Waals surface area contributed by atoms with E-state index in [0.29, 0.717) is 16.9 Å². The first-order chi connectivity index (χ1) is 7.99. The molecule has 1 aliphatic rings. The van der Waals surface area contributed by atoms with E-state index in [1.807, 2.05) is 0 Å². The molecular weight excluding hydrogens is 234 g/mol. The van der Waals surface area contributed by atoms with Crippen LogP contribution in [0.5, 0.6) is 0 Å². The van der Waals surface area contributed by atoms with Crippen LogP contribution in [0.4, 0.5) is 11.5 Å². The zero-order valence-corrected chi connectivity index (χ0v) is 11.2. The Morgan fingerprint density at radius 1 is 1.41 bits per heavy atom. The van der Waals surface area contributed by atoms with Crippen LogP contribution in [0.25, 0.3) is 0 Å². The number of nitrogens with one attached hydrogen (secondary N) is 1. The van der Waals surface area contributed by atoms with Gasteiger partial charge in [0.25, 0.3) is 0 Å². The molecule has 4 heteroatoms. The third-order valence-corrected chi connectivity index (χ3v) is 3.92.